The fraction of sp³-hybridized carbons (Fsp3) is 0.273. The fourth-order valence-corrected chi connectivity index (χ4v) is 3.10. The summed E-state index contributed by atoms with van der Waals surface area (Å²) in [6, 6.07) is 14.0. The van der Waals surface area contributed by atoms with Crippen LogP contribution >= 0.6 is 0 Å². The van der Waals surface area contributed by atoms with Gasteiger partial charge in [-0.3, -0.25) is 10.3 Å². The summed E-state index contributed by atoms with van der Waals surface area (Å²) in [5, 5.41) is 10.5. The summed E-state index contributed by atoms with van der Waals surface area (Å²) in [4.78, 5) is 18.8. The molecular weight excluding hydrogens is 366 g/mol. The Morgan fingerprint density at radius 2 is 1.93 bits per heavy atom. The molecule has 1 aromatic heterocycles. The zero-order chi connectivity index (χ0) is 20.6. The molecule has 152 valence electrons. The van der Waals surface area contributed by atoms with Crippen LogP contribution in [0, 0.1) is 6.92 Å². The number of aryl methyl sites for hydroxylation is 1. The van der Waals surface area contributed by atoms with Gasteiger partial charge >= 0.3 is 6.09 Å². The van der Waals surface area contributed by atoms with Gasteiger partial charge in [0, 0.05) is 42.9 Å². The molecule has 1 amide bonds. The third-order valence-corrected chi connectivity index (χ3v) is 4.68. The van der Waals surface area contributed by atoms with Crippen LogP contribution in [0.2, 0.25) is 0 Å². The Labute approximate surface area is 170 Å². The van der Waals surface area contributed by atoms with Crippen LogP contribution in [0.3, 0.4) is 0 Å². The average molecular weight is 393 g/mol. The molecule has 1 heterocycles. The monoisotopic (exact) mass is 393 g/mol. The molecule has 0 aliphatic heterocycles. The number of carbonyl (C=O) groups is 1. The van der Waals surface area contributed by atoms with Crippen molar-refractivity contribution in [1.29, 1.82) is 0 Å². The minimum atomic E-state index is -0.481. The maximum atomic E-state index is 11.2. The van der Waals surface area contributed by atoms with E-state index in [2.05, 4.69) is 62.0 Å². The second-order valence-electron chi connectivity index (χ2n) is 6.78. The Morgan fingerprint density at radius 3 is 2.66 bits per heavy atom. The van der Waals surface area contributed by atoms with E-state index in [1.54, 1.807) is 7.05 Å². The van der Waals surface area contributed by atoms with Crippen LogP contribution in [0.15, 0.2) is 53.7 Å². The molecule has 4 N–H and O–H groups in total. The zero-order valence-corrected chi connectivity index (χ0v) is 17.0. The number of guanidine groups is 1. The van der Waals surface area contributed by atoms with Crippen LogP contribution in [-0.2, 0) is 17.7 Å². The number of nitrogens with one attached hydrogen (secondary N) is 4. The maximum Gasteiger partial charge on any atom is 0.411 e. The van der Waals surface area contributed by atoms with E-state index in [0.29, 0.717) is 12.2 Å². The number of amides is 1. The van der Waals surface area contributed by atoms with E-state index in [9.17, 15) is 4.79 Å². The number of ether oxygens (including phenoxy) is 1. The summed E-state index contributed by atoms with van der Waals surface area (Å²) in [7, 11) is 3.10. The number of aromatic nitrogens is 1. The van der Waals surface area contributed by atoms with Crippen molar-refractivity contribution in [3.8, 4) is 0 Å². The standard InChI is InChI=1S/C22H27N5O2/c1-15-4-9-19-17(14-25-20(19)12-15)10-11-24-21(23-2)26-13-16-5-7-18(8-6-16)27-22(28)29-3/h4-9,12,14,25H,10-11,13H2,1-3H3,(H,27,28)(H2,23,24,26). The van der Waals surface area contributed by atoms with Gasteiger partial charge < -0.3 is 20.4 Å². The van der Waals surface area contributed by atoms with Crippen molar-refractivity contribution >= 4 is 28.6 Å². The van der Waals surface area contributed by atoms with Crippen molar-refractivity contribution in [2.24, 2.45) is 4.99 Å². The topological polar surface area (TPSA) is 90.5 Å². The van der Waals surface area contributed by atoms with Crippen LogP contribution < -0.4 is 16.0 Å². The lowest BCUT2D eigenvalue weighted by Crippen LogP contribution is -2.37. The quantitative estimate of drug-likeness (QED) is 0.381. The van der Waals surface area contributed by atoms with Crippen LogP contribution in [0.25, 0.3) is 10.9 Å². The molecule has 0 radical (unpaired) electrons. The molecule has 29 heavy (non-hydrogen) atoms. The van der Waals surface area contributed by atoms with Crippen molar-refractivity contribution in [2.45, 2.75) is 19.9 Å². The summed E-state index contributed by atoms with van der Waals surface area (Å²) in [6.07, 6.45) is 2.50. The van der Waals surface area contributed by atoms with Crippen molar-refractivity contribution in [1.82, 2.24) is 15.6 Å². The highest BCUT2D eigenvalue weighted by molar-refractivity contribution is 5.85. The van der Waals surface area contributed by atoms with Gasteiger partial charge in [-0.25, -0.2) is 4.79 Å². The normalized spacial score (nSPS) is 11.3. The molecule has 0 bridgehead atoms. The van der Waals surface area contributed by atoms with Gasteiger partial charge in [0.15, 0.2) is 5.96 Å². The Hall–Kier alpha value is -3.48. The summed E-state index contributed by atoms with van der Waals surface area (Å²) in [5.41, 5.74) is 5.49. The van der Waals surface area contributed by atoms with Gasteiger partial charge in [0.05, 0.1) is 7.11 Å². The summed E-state index contributed by atoms with van der Waals surface area (Å²) < 4.78 is 4.58. The van der Waals surface area contributed by atoms with Crippen molar-refractivity contribution in [3.05, 3.63) is 65.4 Å². The number of nitrogens with zero attached hydrogens (tertiary/aromatic N) is 1. The molecule has 0 saturated heterocycles. The van der Waals surface area contributed by atoms with Gasteiger partial charge in [-0.15, -0.1) is 0 Å². The third kappa shape index (κ3) is 5.51. The number of carbonyl (C=O) groups excluding carboxylic acids is 1. The molecule has 0 spiro atoms. The summed E-state index contributed by atoms with van der Waals surface area (Å²) >= 11 is 0. The number of aromatic amines is 1. The number of methoxy groups -OCH3 is 1. The van der Waals surface area contributed by atoms with E-state index in [1.807, 2.05) is 24.3 Å². The van der Waals surface area contributed by atoms with Crippen molar-refractivity contribution < 1.29 is 9.53 Å². The van der Waals surface area contributed by atoms with E-state index < -0.39 is 6.09 Å². The first kappa shape index (κ1) is 20.3. The van der Waals surface area contributed by atoms with Gasteiger partial charge in [-0.2, -0.15) is 0 Å². The Morgan fingerprint density at radius 1 is 1.14 bits per heavy atom. The molecule has 0 atom stereocenters. The smallest absolute Gasteiger partial charge is 0.411 e. The SMILES string of the molecule is CN=C(NCCc1c[nH]c2cc(C)ccc12)NCc1ccc(NC(=O)OC)cc1. The molecular formula is C22H27N5O2. The first-order valence-electron chi connectivity index (χ1n) is 9.54. The van der Waals surface area contributed by atoms with E-state index in [0.717, 1.165) is 24.5 Å². The number of fused-ring (bicyclic) bond motifs is 1. The Balaban J connectivity index is 1.47. The van der Waals surface area contributed by atoms with Crippen molar-refractivity contribution in [2.75, 3.05) is 26.0 Å². The largest absolute Gasteiger partial charge is 0.453 e. The zero-order valence-electron chi connectivity index (χ0n) is 17.0. The predicted octanol–water partition coefficient (Wildman–Crippen LogP) is 3.56. The predicted molar refractivity (Wildman–Crippen MR) is 117 cm³/mol. The number of hydrogen-bond acceptors (Lipinski definition) is 3. The molecule has 2 aromatic carbocycles. The number of H-pyrrole nitrogens is 1. The molecule has 0 aliphatic rings. The Bertz CT molecular complexity index is 992. The van der Waals surface area contributed by atoms with E-state index >= 15 is 0 Å². The van der Waals surface area contributed by atoms with E-state index in [4.69, 9.17) is 0 Å². The molecule has 0 unspecified atom stereocenters. The van der Waals surface area contributed by atoms with Crippen LogP contribution in [0.1, 0.15) is 16.7 Å². The second-order valence-corrected chi connectivity index (χ2v) is 6.78. The number of aliphatic imine (C=N–C) groups is 1. The molecule has 0 aliphatic carbocycles. The van der Waals surface area contributed by atoms with Crippen LogP contribution in [-0.4, -0.2) is 37.7 Å². The molecule has 0 fully saturated rings. The lowest BCUT2D eigenvalue weighted by molar-refractivity contribution is 0.187. The number of benzene rings is 2. The van der Waals surface area contributed by atoms with E-state index in [-0.39, 0.29) is 0 Å². The van der Waals surface area contributed by atoms with Crippen LogP contribution in [0.5, 0.6) is 0 Å². The highest BCUT2D eigenvalue weighted by Gasteiger charge is 2.05. The lowest BCUT2D eigenvalue weighted by atomic mass is 10.1. The van der Waals surface area contributed by atoms with Crippen molar-refractivity contribution in [3.63, 3.8) is 0 Å². The number of hydrogen-bond donors (Lipinski definition) is 4. The summed E-state index contributed by atoms with van der Waals surface area (Å²) in [5.74, 6) is 0.748. The van der Waals surface area contributed by atoms with Gasteiger partial charge in [0.2, 0.25) is 0 Å². The average Bonchev–Trinajstić information content (AvgIpc) is 3.13. The minimum absolute atomic E-state index is 0.481. The first-order valence-corrected chi connectivity index (χ1v) is 9.54. The second kappa shape index (κ2) is 9.64. The molecule has 3 rings (SSSR count). The van der Waals surface area contributed by atoms with Gasteiger partial charge in [-0.1, -0.05) is 24.3 Å². The highest BCUT2D eigenvalue weighted by Crippen LogP contribution is 2.19. The summed E-state index contributed by atoms with van der Waals surface area (Å²) in [6.45, 7) is 3.51. The third-order valence-electron chi connectivity index (χ3n) is 4.68. The molecule has 0 saturated carbocycles. The number of anilines is 1. The Kier molecular flexibility index (Phi) is 6.73. The number of rotatable bonds is 6. The molecule has 7 nitrogen and oxygen atoms in total. The van der Waals surface area contributed by atoms with Gasteiger partial charge in [0.1, 0.15) is 0 Å². The fourth-order valence-electron chi connectivity index (χ4n) is 3.10. The lowest BCUT2D eigenvalue weighted by Gasteiger charge is -2.12. The minimum Gasteiger partial charge on any atom is -0.453 e. The molecule has 3 aromatic rings. The van der Waals surface area contributed by atoms with Gasteiger partial charge in [0.25, 0.3) is 0 Å². The first-order chi connectivity index (χ1) is 14.1. The highest BCUT2D eigenvalue weighted by atomic mass is 16.5. The maximum absolute atomic E-state index is 11.2. The molecule has 7 heteroatoms. The van der Waals surface area contributed by atoms with Crippen LogP contribution in [0.4, 0.5) is 10.5 Å². The van der Waals surface area contributed by atoms with E-state index in [1.165, 1.54) is 29.1 Å². The van der Waals surface area contributed by atoms with Gasteiger partial charge in [-0.05, 0) is 48.2 Å².